The number of hydrogen-bond acceptors (Lipinski definition) is 4. The van der Waals surface area contributed by atoms with Crippen LogP contribution in [0.2, 0.25) is 0 Å². The van der Waals surface area contributed by atoms with Gasteiger partial charge in [0.2, 0.25) is 0 Å². The molecule has 4 heterocycles. The second kappa shape index (κ2) is 18.9. The van der Waals surface area contributed by atoms with E-state index in [-0.39, 0.29) is 0 Å². The van der Waals surface area contributed by atoms with Crippen molar-refractivity contribution < 1.29 is 4.42 Å². The van der Waals surface area contributed by atoms with Crippen LogP contribution in [0.5, 0.6) is 0 Å². The van der Waals surface area contributed by atoms with Gasteiger partial charge in [0.15, 0.2) is 17.5 Å². The molecule has 0 saturated carbocycles. The minimum atomic E-state index is 0.567. The lowest BCUT2D eigenvalue weighted by Crippen LogP contribution is -2.04. The van der Waals surface area contributed by atoms with Crippen LogP contribution in [0, 0.1) is 0 Å². The van der Waals surface area contributed by atoms with Gasteiger partial charge in [0.25, 0.3) is 0 Å². The van der Waals surface area contributed by atoms with Gasteiger partial charge in [0.05, 0.1) is 38.5 Å². The lowest BCUT2D eigenvalue weighted by molar-refractivity contribution is 0.677. The highest BCUT2D eigenvalue weighted by atomic mass is 16.3. The van der Waals surface area contributed by atoms with Crippen LogP contribution >= 0.6 is 0 Å². The van der Waals surface area contributed by atoms with Gasteiger partial charge in [-0.2, -0.15) is 0 Å². The maximum absolute atomic E-state index is 7.41. The maximum atomic E-state index is 7.41. The molecule has 0 aliphatic carbocycles. The molecule has 0 bridgehead atoms. The largest absolute Gasteiger partial charge is 0.455 e. The number of hydrogen-bond donors (Lipinski definition) is 0. The van der Waals surface area contributed by atoms with Crippen LogP contribution in [0.15, 0.2) is 290 Å². The van der Waals surface area contributed by atoms with Gasteiger partial charge in [-0.3, -0.25) is 0 Å². The number of rotatable bonds is 9. The standard InChI is InChI=1S/C75H47N5O/c1-7-23-48(24-8-1)53-43-54(49-25-9-2-10-26-49)45-55(44-53)74-76-73(52-31-15-5-16-32-52)77-75(78-74)56-46-62(50-27-11-3-12-28-50)70(63(47-56)51-29-13-4-14-30-51)80-65-38-22-20-36-61(65)69-67(80)42-40-59-58-39-41-66-68(71(58)81-72(59)69)60-35-19-21-37-64(60)79(66)57-33-17-6-18-34-57/h1-47H. The molecule has 0 atom stereocenters. The van der Waals surface area contributed by atoms with E-state index in [1.54, 1.807) is 0 Å². The van der Waals surface area contributed by atoms with Crippen LogP contribution in [-0.4, -0.2) is 24.1 Å². The highest BCUT2D eigenvalue weighted by molar-refractivity contribution is 6.29. The Morgan fingerprint density at radius 2 is 0.605 bits per heavy atom. The molecule has 0 fully saturated rings. The van der Waals surface area contributed by atoms with Gasteiger partial charge >= 0.3 is 0 Å². The molecule has 6 nitrogen and oxygen atoms in total. The minimum Gasteiger partial charge on any atom is -0.455 e. The molecule has 16 rings (SSSR count). The zero-order valence-electron chi connectivity index (χ0n) is 43.8. The Morgan fingerprint density at radius 1 is 0.247 bits per heavy atom. The van der Waals surface area contributed by atoms with E-state index < -0.39 is 0 Å². The number of para-hydroxylation sites is 3. The fourth-order valence-corrected chi connectivity index (χ4v) is 12.3. The number of furan rings is 1. The molecule has 6 heteroatoms. The van der Waals surface area contributed by atoms with E-state index in [9.17, 15) is 0 Å². The average Bonchev–Trinajstić information content (AvgIpc) is 3.74. The summed E-state index contributed by atoms with van der Waals surface area (Å²) in [7, 11) is 0. The number of benzene rings is 12. The van der Waals surface area contributed by atoms with Crippen molar-refractivity contribution in [3.05, 3.63) is 285 Å². The van der Waals surface area contributed by atoms with E-state index in [1.807, 2.05) is 18.2 Å². The molecule has 0 aliphatic rings. The van der Waals surface area contributed by atoms with Crippen molar-refractivity contribution in [2.45, 2.75) is 0 Å². The van der Waals surface area contributed by atoms with E-state index >= 15 is 0 Å². The van der Waals surface area contributed by atoms with Crippen molar-refractivity contribution in [3.63, 3.8) is 0 Å². The zero-order valence-corrected chi connectivity index (χ0v) is 43.8. The van der Waals surface area contributed by atoms with Crippen molar-refractivity contribution >= 4 is 65.6 Å². The van der Waals surface area contributed by atoms with Crippen molar-refractivity contribution in [2.24, 2.45) is 0 Å². The summed E-state index contributed by atoms with van der Waals surface area (Å²) in [5.74, 6) is 1.74. The first-order valence-corrected chi connectivity index (χ1v) is 27.4. The first-order valence-electron chi connectivity index (χ1n) is 27.4. The number of aromatic nitrogens is 5. The Kier molecular flexibility index (Phi) is 10.8. The highest BCUT2D eigenvalue weighted by Crippen LogP contribution is 2.48. The molecule has 0 radical (unpaired) electrons. The third-order valence-electron chi connectivity index (χ3n) is 15.9. The molecule has 0 N–H and O–H groups in total. The van der Waals surface area contributed by atoms with E-state index in [4.69, 9.17) is 19.4 Å². The molecule has 81 heavy (non-hydrogen) atoms. The average molecular weight is 1030 g/mol. The van der Waals surface area contributed by atoms with Gasteiger partial charge in [-0.05, 0) is 112 Å². The summed E-state index contributed by atoms with van der Waals surface area (Å²) in [6.45, 7) is 0. The number of fused-ring (bicyclic) bond motifs is 11. The molecule has 16 aromatic rings. The Labute approximate surface area is 466 Å². The second-order valence-electron chi connectivity index (χ2n) is 20.7. The third kappa shape index (κ3) is 7.68. The van der Waals surface area contributed by atoms with E-state index in [0.717, 1.165) is 138 Å². The summed E-state index contributed by atoms with van der Waals surface area (Å²) in [6.07, 6.45) is 0. The van der Waals surface area contributed by atoms with Crippen LogP contribution in [0.25, 0.3) is 156 Å². The Balaban J connectivity index is 0.968. The van der Waals surface area contributed by atoms with Crippen molar-refractivity contribution in [2.75, 3.05) is 0 Å². The molecular formula is C75H47N5O. The molecule has 0 saturated heterocycles. The van der Waals surface area contributed by atoms with Crippen molar-refractivity contribution in [3.8, 4) is 90.0 Å². The number of nitrogens with zero attached hydrogens (tertiary/aromatic N) is 5. The molecule has 378 valence electrons. The molecule has 0 amide bonds. The Bertz CT molecular complexity index is 4950. The summed E-state index contributed by atoms with van der Waals surface area (Å²) in [4.78, 5) is 16.2. The predicted molar refractivity (Wildman–Crippen MR) is 334 cm³/mol. The molecule has 4 aromatic heterocycles. The van der Waals surface area contributed by atoms with Gasteiger partial charge in [-0.25, -0.2) is 15.0 Å². The summed E-state index contributed by atoms with van der Waals surface area (Å²) >= 11 is 0. The third-order valence-corrected chi connectivity index (χ3v) is 15.9. The van der Waals surface area contributed by atoms with Gasteiger partial charge in [0.1, 0.15) is 11.2 Å². The summed E-state index contributed by atoms with van der Waals surface area (Å²) < 4.78 is 12.2. The van der Waals surface area contributed by atoms with Crippen molar-refractivity contribution in [1.82, 2.24) is 24.1 Å². The van der Waals surface area contributed by atoms with E-state index in [1.165, 1.54) is 0 Å². The lowest BCUT2D eigenvalue weighted by atomic mass is 9.92. The van der Waals surface area contributed by atoms with Crippen LogP contribution in [0.1, 0.15) is 0 Å². The summed E-state index contributed by atoms with van der Waals surface area (Å²) in [5, 5.41) is 6.57. The molecule has 0 aliphatic heterocycles. The summed E-state index contributed by atoms with van der Waals surface area (Å²) in [6, 6.07) is 101. The van der Waals surface area contributed by atoms with Crippen LogP contribution in [0.4, 0.5) is 0 Å². The Hall–Kier alpha value is -11.0. The van der Waals surface area contributed by atoms with E-state index in [0.29, 0.717) is 17.5 Å². The fourth-order valence-electron chi connectivity index (χ4n) is 12.3. The molecule has 0 unspecified atom stereocenters. The normalized spacial score (nSPS) is 11.7. The van der Waals surface area contributed by atoms with Gasteiger partial charge in [-0.15, -0.1) is 0 Å². The first-order chi connectivity index (χ1) is 40.2. The second-order valence-corrected chi connectivity index (χ2v) is 20.7. The minimum absolute atomic E-state index is 0.567. The fraction of sp³-hybridized carbons (Fsp3) is 0. The lowest BCUT2D eigenvalue weighted by Gasteiger charge is -2.21. The van der Waals surface area contributed by atoms with Gasteiger partial charge < -0.3 is 13.6 Å². The topological polar surface area (TPSA) is 61.7 Å². The predicted octanol–water partition coefficient (Wildman–Crippen LogP) is 19.6. The van der Waals surface area contributed by atoms with E-state index in [2.05, 4.69) is 276 Å². The molecular weight excluding hydrogens is 987 g/mol. The maximum Gasteiger partial charge on any atom is 0.164 e. The van der Waals surface area contributed by atoms with Crippen LogP contribution in [-0.2, 0) is 0 Å². The van der Waals surface area contributed by atoms with Crippen LogP contribution in [0.3, 0.4) is 0 Å². The zero-order chi connectivity index (χ0) is 53.4. The van der Waals surface area contributed by atoms with Crippen molar-refractivity contribution in [1.29, 1.82) is 0 Å². The first kappa shape index (κ1) is 46.2. The highest BCUT2D eigenvalue weighted by Gasteiger charge is 2.27. The Morgan fingerprint density at radius 3 is 1.09 bits per heavy atom. The smallest absolute Gasteiger partial charge is 0.164 e. The van der Waals surface area contributed by atoms with Gasteiger partial charge in [0, 0.05) is 55.0 Å². The SMILES string of the molecule is c1ccc(-c2cc(-c3ccccc3)cc(-c3nc(-c4ccccc4)nc(-c4cc(-c5ccccc5)c(-n5c6ccccc6c6c7oc8c(ccc9c8c8ccccc8n9-c8ccccc8)c7ccc65)c(-c5ccccc5)c4)n3)c2)cc1. The molecule has 0 spiro atoms. The monoisotopic (exact) mass is 1030 g/mol. The summed E-state index contributed by atoms with van der Waals surface area (Å²) in [5.41, 5.74) is 19.4. The molecule has 12 aromatic carbocycles. The van der Waals surface area contributed by atoms with Crippen LogP contribution < -0.4 is 0 Å². The quantitative estimate of drug-likeness (QED) is 0.145. The van der Waals surface area contributed by atoms with Gasteiger partial charge in [-0.1, -0.05) is 206 Å².